The summed E-state index contributed by atoms with van der Waals surface area (Å²) in [6.45, 7) is 2.74. The molecule has 1 aromatic carbocycles. The van der Waals surface area contributed by atoms with Gasteiger partial charge in [-0.2, -0.15) is 10.4 Å². The Morgan fingerprint density at radius 2 is 2.05 bits per heavy atom. The van der Waals surface area contributed by atoms with Crippen LogP contribution < -0.4 is 0 Å². The van der Waals surface area contributed by atoms with E-state index in [1.54, 1.807) is 11.0 Å². The summed E-state index contributed by atoms with van der Waals surface area (Å²) in [5, 5.41) is 14.7. The van der Waals surface area contributed by atoms with Crippen LogP contribution in [0.5, 0.6) is 0 Å². The van der Waals surface area contributed by atoms with E-state index in [-0.39, 0.29) is 0 Å². The number of hydrogen-bond acceptors (Lipinski definition) is 3. The van der Waals surface area contributed by atoms with E-state index in [1.165, 1.54) is 11.9 Å². The third-order valence-corrected chi connectivity index (χ3v) is 4.23. The van der Waals surface area contributed by atoms with E-state index in [2.05, 4.69) is 23.1 Å². The van der Waals surface area contributed by atoms with Gasteiger partial charge in [-0.25, -0.2) is 4.98 Å². The van der Waals surface area contributed by atoms with Crippen LogP contribution in [0.1, 0.15) is 38.2 Å². The molecule has 5 heteroatoms. The predicted molar refractivity (Wildman–Crippen MR) is 87.4 cm³/mol. The monoisotopic (exact) mass is 316 g/mol. The molecular formula is C17H21ClN4. The zero-order chi connectivity index (χ0) is 15.8. The van der Waals surface area contributed by atoms with Gasteiger partial charge in [0.25, 0.3) is 0 Å². The van der Waals surface area contributed by atoms with Crippen molar-refractivity contribution >= 4 is 11.6 Å². The maximum atomic E-state index is 9.79. The first-order chi connectivity index (χ1) is 10.7. The number of benzene rings is 1. The molecule has 0 aliphatic heterocycles. The van der Waals surface area contributed by atoms with Gasteiger partial charge in [0.2, 0.25) is 0 Å². The Hall–Kier alpha value is -1.86. The maximum absolute atomic E-state index is 9.79. The molecule has 0 saturated carbocycles. The second-order valence-electron chi connectivity index (χ2n) is 5.72. The minimum absolute atomic E-state index is 0.399. The van der Waals surface area contributed by atoms with Crippen LogP contribution in [0.4, 0.5) is 0 Å². The SMILES string of the molecule is CCCCC(C#N)(CCc1ccc(Cl)cc1)Cn1cncn1. The van der Waals surface area contributed by atoms with Crippen molar-refractivity contribution in [3.05, 3.63) is 47.5 Å². The molecule has 0 radical (unpaired) electrons. The Kier molecular flexibility index (Phi) is 5.97. The van der Waals surface area contributed by atoms with Crippen molar-refractivity contribution in [2.24, 2.45) is 5.41 Å². The third kappa shape index (κ3) is 4.57. The van der Waals surface area contributed by atoms with Gasteiger partial charge < -0.3 is 0 Å². The average Bonchev–Trinajstić information content (AvgIpc) is 3.04. The number of nitrogens with zero attached hydrogens (tertiary/aromatic N) is 4. The van der Waals surface area contributed by atoms with E-state index in [1.807, 2.05) is 24.3 Å². The van der Waals surface area contributed by atoms with Gasteiger partial charge in [0.15, 0.2) is 0 Å². The number of hydrogen-bond donors (Lipinski definition) is 0. The molecule has 0 fully saturated rings. The molecule has 0 N–H and O–H groups in total. The van der Waals surface area contributed by atoms with Crippen LogP contribution in [-0.2, 0) is 13.0 Å². The van der Waals surface area contributed by atoms with Gasteiger partial charge in [-0.3, -0.25) is 4.68 Å². The number of unbranched alkanes of at least 4 members (excludes halogenated alkanes) is 1. The lowest BCUT2D eigenvalue weighted by atomic mass is 9.79. The lowest BCUT2D eigenvalue weighted by Gasteiger charge is -2.26. The summed E-state index contributed by atoms with van der Waals surface area (Å²) in [4.78, 5) is 3.98. The van der Waals surface area contributed by atoms with Crippen LogP contribution in [0.25, 0.3) is 0 Å². The Labute approximate surface area is 136 Å². The van der Waals surface area contributed by atoms with Gasteiger partial charge in [-0.05, 0) is 37.0 Å². The molecule has 0 aliphatic carbocycles. The molecule has 0 bridgehead atoms. The van der Waals surface area contributed by atoms with E-state index in [0.717, 1.165) is 37.1 Å². The minimum Gasteiger partial charge on any atom is -0.251 e. The van der Waals surface area contributed by atoms with Crippen molar-refractivity contribution in [3.63, 3.8) is 0 Å². The van der Waals surface area contributed by atoms with E-state index in [4.69, 9.17) is 11.6 Å². The van der Waals surface area contributed by atoms with Crippen molar-refractivity contribution in [2.45, 2.75) is 45.6 Å². The average molecular weight is 317 g/mol. The topological polar surface area (TPSA) is 54.5 Å². The van der Waals surface area contributed by atoms with Crippen LogP contribution in [0.3, 0.4) is 0 Å². The van der Waals surface area contributed by atoms with Gasteiger partial charge in [-0.1, -0.05) is 43.5 Å². The molecule has 22 heavy (non-hydrogen) atoms. The lowest BCUT2D eigenvalue weighted by molar-refractivity contribution is 0.265. The molecule has 1 unspecified atom stereocenters. The lowest BCUT2D eigenvalue weighted by Crippen LogP contribution is -2.26. The molecule has 0 saturated heterocycles. The third-order valence-electron chi connectivity index (χ3n) is 3.98. The highest BCUT2D eigenvalue weighted by molar-refractivity contribution is 6.30. The van der Waals surface area contributed by atoms with E-state index >= 15 is 0 Å². The molecule has 0 spiro atoms. The van der Waals surface area contributed by atoms with Crippen LogP contribution in [0.15, 0.2) is 36.9 Å². The van der Waals surface area contributed by atoms with Gasteiger partial charge in [0.1, 0.15) is 12.7 Å². The standard InChI is InChI=1S/C17H21ClN4/c1-2-3-9-17(11-19,12-22-14-20-13-21-22)10-8-15-4-6-16(18)7-5-15/h4-7,13-14H,2-3,8-10,12H2,1H3. The second kappa shape index (κ2) is 7.95. The predicted octanol–water partition coefficient (Wildman–Crippen LogP) is 4.26. The van der Waals surface area contributed by atoms with Crippen molar-refractivity contribution in [2.75, 3.05) is 0 Å². The van der Waals surface area contributed by atoms with Crippen LogP contribution >= 0.6 is 11.6 Å². The van der Waals surface area contributed by atoms with Crippen molar-refractivity contribution in [1.29, 1.82) is 5.26 Å². The zero-order valence-corrected chi connectivity index (χ0v) is 13.6. The van der Waals surface area contributed by atoms with Crippen molar-refractivity contribution in [3.8, 4) is 6.07 Å². The molecule has 2 aromatic rings. The van der Waals surface area contributed by atoms with Gasteiger partial charge in [0, 0.05) is 5.02 Å². The Morgan fingerprint density at radius 1 is 1.27 bits per heavy atom. The first-order valence-electron chi connectivity index (χ1n) is 7.65. The largest absolute Gasteiger partial charge is 0.251 e. The van der Waals surface area contributed by atoms with Gasteiger partial charge >= 0.3 is 0 Å². The van der Waals surface area contributed by atoms with Crippen LogP contribution in [0, 0.1) is 16.7 Å². The van der Waals surface area contributed by atoms with Crippen molar-refractivity contribution < 1.29 is 0 Å². The van der Waals surface area contributed by atoms with E-state index in [0.29, 0.717) is 6.54 Å². The summed E-state index contributed by atoms with van der Waals surface area (Å²) in [5.41, 5.74) is 0.808. The molecule has 1 aromatic heterocycles. The van der Waals surface area contributed by atoms with E-state index < -0.39 is 5.41 Å². The molecule has 4 nitrogen and oxygen atoms in total. The fraction of sp³-hybridized carbons (Fsp3) is 0.471. The van der Waals surface area contributed by atoms with E-state index in [9.17, 15) is 5.26 Å². The molecule has 2 rings (SSSR count). The molecule has 0 amide bonds. The maximum Gasteiger partial charge on any atom is 0.137 e. The summed E-state index contributed by atoms with van der Waals surface area (Å²) >= 11 is 5.92. The van der Waals surface area contributed by atoms with Crippen LogP contribution in [0.2, 0.25) is 5.02 Å². The molecule has 116 valence electrons. The number of rotatable bonds is 8. The summed E-state index contributed by atoms with van der Waals surface area (Å²) in [6.07, 6.45) is 7.88. The Morgan fingerprint density at radius 3 is 2.64 bits per heavy atom. The highest BCUT2D eigenvalue weighted by atomic mass is 35.5. The molecular weight excluding hydrogens is 296 g/mol. The molecule has 1 atom stereocenters. The zero-order valence-electron chi connectivity index (χ0n) is 12.9. The number of halogens is 1. The number of nitriles is 1. The second-order valence-corrected chi connectivity index (χ2v) is 6.15. The smallest absolute Gasteiger partial charge is 0.137 e. The van der Waals surface area contributed by atoms with Crippen LogP contribution in [-0.4, -0.2) is 14.8 Å². The Balaban J connectivity index is 2.09. The summed E-state index contributed by atoms with van der Waals surface area (Å²) in [6, 6.07) is 10.4. The number of aryl methyl sites for hydroxylation is 1. The fourth-order valence-corrected chi connectivity index (χ4v) is 2.73. The molecule has 1 heterocycles. The number of aromatic nitrogens is 3. The fourth-order valence-electron chi connectivity index (χ4n) is 2.60. The summed E-state index contributed by atoms with van der Waals surface area (Å²) in [7, 11) is 0. The Bertz CT molecular complexity index is 601. The first kappa shape index (κ1) is 16.5. The highest BCUT2D eigenvalue weighted by Crippen LogP contribution is 2.32. The normalized spacial score (nSPS) is 13.5. The summed E-state index contributed by atoms with van der Waals surface area (Å²) < 4.78 is 1.76. The molecule has 0 aliphatic rings. The minimum atomic E-state index is -0.399. The van der Waals surface area contributed by atoms with Gasteiger partial charge in [0.05, 0.1) is 18.0 Å². The highest BCUT2D eigenvalue weighted by Gasteiger charge is 2.30. The first-order valence-corrected chi connectivity index (χ1v) is 8.03. The quantitative estimate of drug-likeness (QED) is 0.731. The summed E-state index contributed by atoms with van der Waals surface area (Å²) in [5.74, 6) is 0. The van der Waals surface area contributed by atoms with Crippen molar-refractivity contribution in [1.82, 2.24) is 14.8 Å². The van der Waals surface area contributed by atoms with Gasteiger partial charge in [-0.15, -0.1) is 0 Å².